The quantitative estimate of drug-likeness (QED) is 0.636. The lowest BCUT2D eigenvalue weighted by Gasteiger charge is -2.21. The van der Waals surface area contributed by atoms with Crippen molar-refractivity contribution in [3.05, 3.63) is 75.8 Å². The lowest BCUT2D eigenvalue weighted by Crippen LogP contribution is -2.25. The first-order valence-corrected chi connectivity index (χ1v) is 10.6. The Morgan fingerprint density at radius 3 is 2.62 bits per heavy atom. The van der Waals surface area contributed by atoms with E-state index in [2.05, 4.69) is 21.7 Å². The Balaban J connectivity index is 1.52. The summed E-state index contributed by atoms with van der Waals surface area (Å²) in [5.74, 6) is -0.518. The first kappa shape index (κ1) is 19.3. The van der Waals surface area contributed by atoms with Crippen LogP contribution in [0.25, 0.3) is 0 Å². The summed E-state index contributed by atoms with van der Waals surface area (Å²) in [5.41, 5.74) is 4.43. The molecule has 0 radical (unpaired) electrons. The highest BCUT2D eigenvalue weighted by atomic mass is 32.1. The van der Waals surface area contributed by atoms with E-state index in [1.54, 1.807) is 12.1 Å². The van der Waals surface area contributed by atoms with Crippen LogP contribution in [0.5, 0.6) is 0 Å². The number of thiazole rings is 1. The average molecular weight is 406 g/mol. The van der Waals surface area contributed by atoms with Crippen molar-refractivity contribution >= 4 is 34.0 Å². The molecule has 0 bridgehead atoms. The molecule has 0 unspecified atom stereocenters. The summed E-state index contributed by atoms with van der Waals surface area (Å²) in [5, 5.41) is 6.49. The van der Waals surface area contributed by atoms with Gasteiger partial charge in [0.25, 0.3) is 5.91 Å². The topological polar surface area (TPSA) is 71.1 Å². The molecule has 5 nitrogen and oxygen atoms in total. The molecule has 0 aliphatic heterocycles. The van der Waals surface area contributed by atoms with Gasteiger partial charge in [0.1, 0.15) is 0 Å². The van der Waals surface area contributed by atoms with Gasteiger partial charge in [-0.25, -0.2) is 4.98 Å². The molecule has 2 N–H and O–H groups in total. The van der Waals surface area contributed by atoms with E-state index in [1.165, 1.54) is 16.9 Å². The van der Waals surface area contributed by atoms with E-state index in [-0.39, 0.29) is 17.7 Å². The SMILES string of the molecule is Cc1ccc(NC(=O)[C@@H]2CCCc3sc(NC(=O)c4ccccc4)nc32)c(C)c1. The van der Waals surface area contributed by atoms with Crippen LogP contribution in [0.15, 0.2) is 48.5 Å². The van der Waals surface area contributed by atoms with Gasteiger partial charge < -0.3 is 5.32 Å². The fourth-order valence-electron chi connectivity index (χ4n) is 3.66. The van der Waals surface area contributed by atoms with Crippen LogP contribution < -0.4 is 10.6 Å². The third kappa shape index (κ3) is 4.22. The van der Waals surface area contributed by atoms with E-state index < -0.39 is 0 Å². The van der Waals surface area contributed by atoms with E-state index in [9.17, 15) is 9.59 Å². The molecule has 1 aliphatic rings. The number of carbonyl (C=O) groups excluding carboxylic acids is 2. The molecule has 1 heterocycles. The minimum Gasteiger partial charge on any atom is -0.325 e. The maximum atomic E-state index is 13.0. The van der Waals surface area contributed by atoms with E-state index in [1.807, 2.05) is 44.2 Å². The predicted octanol–water partition coefficient (Wildman–Crippen LogP) is 5.07. The van der Waals surface area contributed by atoms with Gasteiger partial charge in [0.05, 0.1) is 11.6 Å². The molecule has 1 atom stereocenters. The van der Waals surface area contributed by atoms with Gasteiger partial charge in [0.15, 0.2) is 5.13 Å². The van der Waals surface area contributed by atoms with E-state index >= 15 is 0 Å². The molecule has 0 saturated carbocycles. The fraction of sp³-hybridized carbons (Fsp3) is 0.261. The van der Waals surface area contributed by atoms with Crippen LogP contribution in [0.2, 0.25) is 0 Å². The van der Waals surface area contributed by atoms with Gasteiger partial charge in [-0.15, -0.1) is 11.3 Å². The summed E-state index contributed by atoms with van der Waals surface area (Å²) in [6.45, 7) is 4.03. The highest BCUT2D eigenvalue weighted by molar-refractivity contribution is 7.16. The molecule has 2 amide bonds. The van der Waals surface area contributed by atoms with Gasteiger partial charge in [-0.05, 0) is 56.9 Å². The van der Waals surface area contributed by atoms with Gasteiger partial charge >= 0.3 is 0 Å². The van der Waals surface area contributed by atoms with E-state index in [0.29, 0.717) is 10.7 Å². The van der Waals surface area contributed by atoms with Crippen LogP contribution in [-0.4, -0.2) is 16.8 Å². The number of amides is 2. The molecule has 0 saturated heterocycles. The summed E-state index contributed by atoms with van der Waals surface area (Å²) in [6, 6.07) is 15.1. The smallest absolute Gasteiger partial charge is 0.257 e. The largest absolute Gasteiger partial charge is 0.325 e. The zero-order valence-electron chi connectivity index (χ0n) is 16.5. The van der Waals surface area contributed by atoms with Crippen LogP contribution >= 0.6 is 11.3 Å². The Kier molecular flexibility index (Phi) is 5.45. The molecule has 6 heteroatoms. The molecule has 0 spiro atoms. The average Bonchev–Trinajstić information content (AvgIpc) is 3.13. The van der Waals surface area contributed by atoms with Crippen molar-refractivity contribution in [3.63, 3.8) is 0 Å². The van der Waals surface area contributed by atoms with Crippen molar-refractivity contribution in [2.75, 3.05) is 10.6 Å². The number of fused-ring (bicyclic) bond motifs is 1. The number of anilines is 2. The van der Waals surface area contributed by atoms with E-state index in [0.717, 1.165) is 41.1 Å². The minimum atomic E-state index is -0.293. The van der Waals surface area contributed by atoms with Crippen molar-refractivity contribution in [3.8, 4) is 0 Å². The number of carbonyl (C=O) groups is 2. The third-order valence-corrected chi connectivity index (χ3v) is 6.21. The second-order valence-electron chi connectivity index (χ2n) is 7.40. The van der Waals surface area contributed by atoms with Gasteiger partial charge in [-0.3, -0.25) is 14.9 Å². The van der Waals surface area contributed by atoms with Gasteiger partial charge in [0.2, 0.25) is 5.91 Å². The molecule has 1 aliphatic carbocycles. The Bertz CT molecular complexity index is 1060. The van der Waals surface area contributed by atoms with Crippen LogP contribution in [0, 0.1) is 13.8 Å². The first-order chi connectivity index (χ1) is 14.0. The summed E-state index contributed by atoms with van der Waals surface area (Å²) >= 11 is 1.47. The minimum absolute atomic E-state index is 0.0378. The second kappa shape index (κ2) is 8.17. The number of aromatic nitrogens is 1. The lowest BCUT2D eigenvalue weighted by molar-refractivity contribution is -0.117. The standard InChI is InChI=1S/C23H23N3O2S/c1-14-11-12-18(15(2)13-14)24-22(28)17-9-6-10-19-20(17)25-23(29-19)26-21(27)16-7-4-3-5-8-16/h3-5,7-8,11-13,17H,6,9-10H2,1-2H3,(H,24,28)(H,25,26,27)/t17-/m1/s1. The van der Waals surface area contributed by atoms with Crippen LogP contribution in [0.4, 0.5) is 10.8 Å². The Morgan fingerprint density at radius 2 is 1.86 bits per heavy atom. The van der Waals surface area contributed by atoms with Crippen molar-refractivity contribution < 1.29 is 9.59 Å². The zero-order chi connectivity index (χ0) is 20.4. The number of nitrogens with one attached hydrogen (secondary N) is 2. The lowest BCUT2D eigenvalue weighted by atomic mass is 9.90. The zero-order valence-corrected chi connectivity index (χ0v) is 17.3. The maximum Gasteiger partial charge on any atom is 0.257 e. The fourth-order valence-corrected chi connectivity index (χ4v) is 4.72. The number of benzene rings is 2. The molecule has 1 aromatic heterocycles. The van der Waals surface area contributed by atoms with Gasteiger partial charge in [-0.2, -0.15) is 0 Å². The predicted molar refractivity (Wildman–Crippen MR) is 117 cm³/mol. The molecule has 29 heavy (non-hydrogen) atoms. The number of nitrogens with zero attached hydrogens (tertiary/aromatic N) is 1. The summed E-state index contributed by atoms with van der Waals surface area (Å²) in [6.07, 6.45) is 2.59. The van der Waals surface area contributed by atoms with Crippen molar-refractivity contribution in [2.24, 2.45) is 0 Å². The summed E-state index contributed by atoms with van der Waals surface area (Å²) in [4.78, 5) is 31.1. The molecule has 0 fully saturated rings. The first-order valence-electron chi connectivity index (χ1n) is 9.75. The van der Waals surface area contributed by atoms with Crippen molar-refractivity contribution in [1.29, 1.82) is 0 Å². The van der Waals surface area contributed by atoms with E-state index in [4.69, 9.17) is 0 Å². The highest BCUT2D eigenvalue weighted by Gasteiger charge is 2.31. The molecular weight excluding hydrogens is 382 g/mol. The molecule has 2 aromatic carbocycles. The number of aryl methyl sites for hydroxylation is 3. The number of hydrogen-bond acceptors (Lipinski definition) is 4. The van der Waals surface area contributed by atoms with Crippen molar-refractivity contribution in [1.82, 2.24) is 4.98 Å². The molecule has 4 rings (SSSR count). The summed E-state index contributed by atoms with van der Waals surface area (Å²) < 4.78 is 0. The second-order valence-corrected chi connectivity index (χ2v) is 8.48. The van der Waals surface area contributed by atoms with Crippen LogP contribution in [-0.2, 0) is 11.2 Å². The Labute approximate surface area is 174 Å². The molecular formula is C23H23N3O2S. The highest BCUT2D eigenvalue weighted by Crippen LogP contribution is 2.37. The third-order valence-electron chi connectivity index (χ3n) is 5.17. The summed E-state index contributed by atoms with van der Waals surface area (Å²) in [7, 11) is 0. The maximum absolute atomic E-state index is 13.0. The van der Waals surface area contributed by atoms with Gasteiger partial charge in [-0.1, -0.05) is 35.9 Å². The Morgan fingerprint density at radius 1 is 1.07 bits per heavy atom. The van der Waals surface area contributed by atoms with Crippen molar-refractivity contribution in [2.45, 2.75) is 39.0 Å². The van der Waals surface area contributed by atoms with Crippen LogP contribution in [0.1, 0.15) is 50.8 Å². The number of hydrogen-bond donors (Lipinski definition) is 2. The monoisotopic (exact) mass is 405 g/mol. The molecule has 3 aromatic rings. The van der Waals surface area contributed by atoms with Crippen LogP contribution in [0.3, 0.4) is 0 Å². The van der Waals surface area contributed by atoms with Gasteiger partial charge in [0, 0.05) is 16.1 Å². The number of rotatable bonds is 4. The Hall–Kier alpha value is -2.99. The molecule has 148 valence electrons. The normalized spacial score (nSPS) is 15.4.